The summed E-state index contributed by atoms with van der Waals surface area (Å²) in [7, 11) is 1.81. The lowest BCUT2D eigenvalue weighted by Crippen LogP contribution is -2.49. The number of fused-ring (bicyclic) bond motifs is 2. The molecule has 2 aliphatic heterocycles. The van der Waals surface area contributed by atoms with Crippen molar-refractivity contribution in [3.05, 3.63) is 34.2 Å². The number of aromatic amines is 1. The Hall–Kier alpha value is -1.62. The monoisotopic (exact) mass is 261 g/mol. The number of carbonyl (C=O) groups is 1. The second-order valence-electron chi connectivity index (χ2n) is 5.60. The van der Waals surface area contributed by atoms with Crippen molar-refractivity contribution in [1.29, 1.82) is 0 Å². The van der Waals surface area contributed by atoms with E-state index in [9.17, 15) is 9.59 Å². The normalized spacial score (nSPS) is 29.2. The summed E-state index contributed by atoms with van der Waals surface area (Å²) in [6, 6.07) is 2.71. The minimum atomic E-state index is -0.215. The van der Waals surface area contributed by atoms with E-state index in [1.165, 1.54) is 25.1 Å². The second kappa shape index (κ2) is 4.81. The molecule has 0 aliphatic carbocycles. The van der Waals surface area contributed by atoms with Crippen molar-refractivity contribution in [3.63, 3.8) is 0 Å². The molecular formula is C14H19N3O2. The van der Waals surface area contributed by atoms with Crippen molar-refractivity contribution >= 4 is 5.91 Å². The van der Waals surface area contributed by atoms with Crippen LogP contribution in [0, 0.1) is 0 Å². The van der Waals surface area contributed by atoms with E-state index in [4.69, 9.17) is 0 Å². The Morgan fingerprint density at radius 3 is 2.63 bits per heavy atom. The molecule has 1 aromatic rings. The summed E-state index contributed by atoms with van der Waals surface area (Å²) in [5.74, 6) is -0.173. The molecule has 102 valence electrons. The number of amides is 1. The number of hydrogen-bond acceptors (Lipinski definition) is 3. The average molecular weight is 261 g/mol. The van der Waals surface area contributed by atoms with Crippen molar-refractivity contribution in [1.82, 2.24) is 15.2 Å². The molecule has 2 atom stereocenters. The molecule has 0 aromatic carbocycles. The summed E-state index contributed by atoms with van der Waals surface area (Å²) >= 11 is 0. The van der Waals surface area contributed by atoms with Crippen LogP contribution in [0.2, 0.25) is 0 Å². The summed E-state index contributed by atoms with van der Waals surface area (Å²) < 4.78 is 0. The number of aromatic nitrogens is 1. The lowest BCUT2D eigenvalue weighted by Gasteiger charge is -2.35. The van der Waals surface area contributed by atoms with Crippen molar-refractivity contribution in [2.24, 2.45) is 0 Å². The first-order valence-corrected chi connectivity index (χ1v) is 6.85. The van der Waals surface area contributed by atoms with Gasteiger partial charge in [0.05, 0.1) is 0 Å². The van der Waals surface area contributed by atoms with Crippen LogP contribution in [-0.4, -0.2) is 41.0 Å². The van der Waals surface area contributed by atoms with E-state index >= 15 is 0 Å². The maximum atomic E-state index is 12.4. The number of hydrogen-bond donors (Lipinski definition) is 2. The Kier molecular flexibility index (Phi) is 3.14. The average Bonchev–Trinajstić information content (AvgIpc) is 2.76. The van der Waals surface area contributed by atoms with Crippen LogP contribution in [0.15, 0.2) is 23.3 Å². The fourth-order valence-electron chi connectivity index (χ4n) is 3.28. The first kappa shape index (κ1) is 12.4. The summed E-state index contributed by atoms with van der Waals surface area (Å²) in [5.41, 5.74) is 0.0170. The van der Waals surface area contributed by atoms with E-state index in [1.807, 2.05) is 7.05 Å². The molecule has 5 nitrogen and oxygen atoms in total. The van der Waals surface area contributed by atoms with Crippen LogP contribution in [-0.2, 0) is 0 Å². The Bertz CT molecular complexity index is 527. The van der Waals surface area contributed by atoms with Gasteiger partial charge in [0.2, 0.25) is 0 Å². The van der Waals surface area contributed by atoms with Gasteiger partial charge in [0.1, 0.15) is 5.56 Å². The number of rotatable bonds is 2. The van der Waals surface area contributed by atoms with Crippen molar-refractivity contribution < 1.29 is 4.79 Å². The third kappa shape index (κ3) is 2.30. The fraction of sp³-hybridized carbons (Fsp3) is 0.571. The fourth-order valence-corrected chi connectivity index (χ4v) is 3.28. The molecule has 2 fully saturated rings. The summed E-state index contributed by atoms with van der Waals surface area (Å²) in [5, 5.41) is 3.56. The summed E-state index contributed by atoms with van der Waals surface area (Å²) in [4.78, 5) is 28.7. The molecule has 0 spiro atoms. The maximum absolute atomic E-state index is 12.4. The van der Waals surface area contributed by atoms with E-state index in [0.717, 1.165) is 12.8 Å². The molecule has 0 radical (unpaired) electrons. The number of nitrogens with zero attached hydrogens (tertiary/aromatic N) is 1. The predicted octanol–water partition coefficient (Wildman–Crippen LogP) is 0.730. The first-order valence-electron chi connectivity index (χ1n) is 6.85. The molecule has 1 aromatic heterocycles. The molecule has 2 bridgehead atoms. The summed E-state index contributed by atoms with van der Waals surface area (Å²) in [6.45, 7) is 0. The number of pyridine rings is 1. The topological polar surface area (TPSA) is 65.2 Å². The van der Waals surface area contributed by atoms with E-state index in [0.29, 0.717) is 12.1 Å². The van der Waals surface area contributed by atoms with Crippen LogP contribution in [0.4, 0.5) is 0 Å². The molecule has 19 heavy (non-hydrogen) atoms. The van der Waals surface area contributed by atoms with Gasteiger partial charge >= 0.3 is 0 Å². The van der Waals surface area contributed by atoms with Gasteiger partial charge in [-0.1, -0.05) is 0 Å². The summed E-state index contributed by atoms with van der Waals surface area (Å²) in [6.07, 6.45) is 7.43. The van der Waals surface area contributed by atoms with Crippen molar-refractivity contribution in [3.8, 4) is 0 Å². The predicted molar refractivity (Wildman–Crippen MR) is 72.1 cm³/mol. The quantitative estimate of drug-likeness (QED) is 0.825. The van der Waals surface area contributed by atoms with Gasteiger partial charge in [0, 0.05) is 43.6 Å². The van der Waals surface area contributed by atoms with Gasteiger partial charge in [-0.3, -0.25) is 9.59 Å². The lowest BCUT2D eigenvalue weighted by molar-refractivity contribution is 0.0680. The highest BCUT2D eigenvalue weighted by atomic mass is 16.2. The highest BCUT2D eigenvalue weighted by molar-refractivity contribution is 5.93. The number of piperidine rings is 1. The number of nitrogens with one attached hydrogen (secondary N) is 2. The second-order valence-corrected chi connectivity index (χ2v) is 5.60. The van der Waals surface area contributed by atoms with Crippen LogP contribution in [0.3, 0.4) is 0 Å². The lowest BCUT2D eigenvalue weighted by atomic mass is 9.98. The third-order valence-corrected chi connectivity index (χ3v) is 4.37. The van der Waals surface area contributed by atoms with Crippen LogP contribution in [0.1, 0.15) is 36.0 Å². The van der Waals surface area contributed by atoms with Crippen LogP contribution >= 0.6 is 0 Å². The van der Waals surface area contributed by atoms with Crippen LogP contribution in [0.5, 0.6) is 0 Å². The third-order valence-electron chi connectivity index (χ3n) is 4.37. The standard InChI is InChI=1S/C14H19N3O2/c1-17(11-6-9-2-3-10(7-11)16-9)14(19)12-8-15-5-4-13(12)18/h4-5,8-11,16H,2-3,6-7H2,1H3,(H,15,18). The molecule has 0 saturated carbocycles. The Morgan fingerprint density at radius 2 is 2.00 bits per heavy atom. The van der Waals surface area contributed by atoms with E-state index < -0.39 is 0 Å². The van der Waals surface area contributed by atoms with E-state index in [1.54, 1.807) is 11.1 Å². The van der Waals surface area contributed by atoms with E-state index in [-0.39, 0.29) is 22.9 Å². The molecule has 2 N–H and O–H groups in total. The molecule has 2 saturated heterocycles. The molecule has 3 rings (SSSR count). The van der Waals surface area contributed by atoms with Gasteiger partial charge in [-0.15, -0.1) is 0 Å². The van der Waals surface area contributed by atoms with Crippen molar-refractivity contribution in [2.45, 2.75) is 43.8 Å². The zero-order valence-electron chi connectivity index (χ0n) is 11.1. The van der Waals surface area contributed by atoms with Gasteiger partial charge in [-0.2, -0.15) is 0 Å². The van der Waals surface area contributed by atoms with Crippen LogP contribution in [0.25, 0.3) is 0 Å². The smallest absolute Gasteiger partial charge is 0.259 e. The Morgan fingerprint density at radius 1 is 1.32 bits per heavy atom. The van der Waals surface area contributed by atoms with Gasteiger partial charge in [0.25, 0.3) is 5.91 Å². The van der Waals surface area contributed by atoms with Gasteiger partial charge in [-0.05, 0) is 25.7 Å². The Labute approximate surface area is 112 Å². The zero-order valence-corrected chi connectivity index (χ0v) is 11.1. The minimum absolute atomic E-state index is 0.173. The number of carbonyl (C=O) groups excluding carboxylic acids is 1. The molecule has 1 amide bonds. The SMILES string of the molecule is CN(C(=O)c1c[nH]ccc1=O)C1CC2CCC(C1)N2. The zero-order chi connectivity index (χ0) is 13.4. The van der Waals surface area contributed by atoms with Gasteiger partial charge in [-0.25, -0.2) is 0 Å². The highest BCUT2D eigenvalue weighted by Gasteiger charge is 2.36. The van der Waals surface area contributed by atoms with Crippen LogP contribution < -0.4 is 10.7 Å². The molecular weight excluding hydrogens is 242 g/mol. The van der Waals surface area contributed by atoms with Gasteiger partial charge < -0.3 is 15.2 Å². The molecule has 2 aliphatic rings. The van der Waals surface area contributed by atoms with Crippen molar-refractivity contribution in [2.75, 3.05) is 7.05 Å². The molecule has 5 heteroatoms. The maximum Gasteiger partial charge on any atom is 0.259 e. The Balaban J connectivity index is 1.77. The largest absolute Gasteiger partial charge is 0.367 e. The van der Waals surface area contributed by atoms with E-state index in [2.05, 4.69) is 10.3 Å². The highest BCUT2D eigenvalue weighted by Crippen LogP contribution is 2.29. The minimum Gasteiger partial charge on any atom is -0.367 e. The number of H-pyrrole nitrogens is 1. The van der Waals surface area contributed by atoms with Gasteiger partial charge in [0.15, 0.2) is 5.43 Å². The molecule has 3 heterocycles. The molecule has 2 unspecified atom stereocenters. The first-order chi connectivity index (χ1) is 9.15.